The molecule has 6 nitrogen and oxygen atoms in total. The number of carboxylic acid groups (broad SMARTS) is 1. The molecule has 0 aromatic carbocycles. The molecule has 0 spiro atoms. The Labute approximate surface area is 134 Å². The Balaban J connectivity index is -0.000000508. The second-order valence-electron chi connectivity index (χ2n) is 4.41. The fourth-order valence-electron chi connectivity index (χ4n) is 1.04. The number of hydrogen-bond acceptors (Lipinski definition) is 5. The topological polar surface area (TPSA) is 101 Å². The average molecular weight is 322 g/mol. The van der Waals surface area contributed by atoms with E-state index < -0.39 is 29.7 Å². The summed E-state index contributed by atoms with van der Waals surface area (Å²) in [5.74, 6) is -3.88. The van der Waals surface area contributed by atoms with Gasteiger partial charge in [-0.3, -0.25) is 9.59 Å². The molecular formula is C13H22O6Ti. The van der Waals surface area contributed by atoms with Gasteiger partial charge in [-0.1, -0.05) is 6.58 Å². The Morgan fingerprint density at radius 1 is 1.10 bits per heavy atom. The summed E-state index contributed by atoms with van der Waals surface area (Å²) in [5.41, 5.74) is 0.162. The Hall–Kier alpha value is -0.976. The van der Waals surface area contributed by atoms with Crippen LogP contribution >= 0.6 is 0 Å². The number of carboxylic acids is 1. The van der Waals surface area contributed by atoms with E-state index in [1.807, 2.05) is 0 Å². The molecule has 0 heterocycles. The van der Waals surface area contributed by atoms with E-state index in [0.717, 1.165) is 6.92 Å². The van der Waals surface area contributed by atoms with Crippen molar-refractivity contribution in [2.45, 2.75) is 46.8 Å². The zero-order chi connectivity index (χ0) is 15.7. The van der Waals surface area contributed by atoms with Gasteiger partial charge in [0.15, 0.2) is 5.92 Å². The molecule has 2 atom stereocenters. The van der Waals surface area contributed by atoms with Gasteiger partial charge in [0.2, 0.25) is 0 Å². The molecule has 114 valence electrons. The van der Waals surface area contributed by atoms with E-state index in [4.69, 9.17) is 14.9 Å². The molecule has 0 bridgehead atoms. The van der Waals surface area contributed by atoms with Crippen molar-refractivity contribution in [3.8, 4) is 0 Å². The molecule has 0 aliphatic carbocycles. The van der Waals surface area contributed by atoms with Crippen molar-refractivity contribution in [1.29, 1.82) is 0 Å². The number of aliphatic hydroxyl groups excluding tert-OH is 1. The number of Topliss-reactive ketones (excluding diaryl/α,β-unsaturated/α-hetero) is 1. The first-order valence-electron chi connectivity index (χ1n) is 5.78. The molecule has 2 unspecified atom stereocenters. The smallest absolute Gasteiger partial charge is 0.333 e. The zero-order valence-corrected chi connectivity index (χ0v) is 14.0. The molecule has 7 heteroatoms. The summed E-state index contributed by atoms with van der Waals surface area (Å²) in [6, 6.07) is 0. The number of carbonyl (C=O) groups is 3. The summed E-state index contributed by atoms with van der Waals surface area (Å²) in [5, 5.41) is 16.8. The van der Waals surface area contributed by atoms with Crippen LogP contribution in [0.5, 0.6) is 0 Å². The number of ether oxygens (including phenoxy) is 1. The largest absolute Gasteiger partial charge is 0.481 e. The van der Waals surface area contributed by atoms with E-state index in [9.17, 15) is 14.4 Å². The minimum absolute atomic E-state index is 0. The third-order valence-electron chi connectivity index (χ3n) is 1.81. The van der Waals surface area contributed by atoms with E-state index in [-0.39, 0.29) is 33.4 Å². The van der Waals surface area contributed by atoms with Crippen LogP contribution in [0.25, 0.3) is 0 Å². The fraction of sp³-hybridized carbons (Fsp3) is 0.615. The van der Waals surface area contributed by atoms with Crippen molar-refractivity contribution in [2.24, 2.45) is 5.92 Å². The van der Waals surface area contributed by atoms with Crippen molar-refractivity contribution in [3.63, 3.8) is 0 Å². The van der Waals surface area contributed by atoms with Crippen LogP contribution in [0.4, 0.5) is 0 Å². The number of aliphatic hydroxyl groups is 1. The van der Waals surface area contributed by atoms with Crippen molar-refractivity contribution in [2.75, 3.05) is 0 Å². The van der Waals surface area contributed by atoms with Gasteiger partial charge in [0.05, 0.1) is 0 Å². The molecule has 0 aliphatic heterocycles. The first-order chi connectivity index (χ1) is 8.50. The fourth-order valence-corrected chi connectivity index (χ4v) is 1.04. The first-order valence-corrected chi connectivity index (χ1v) is 5.78. The number of carbonyl (C=O) groups excluding carboxylic acids is 2. The van der Waals surface area contributed by atoms with Crippen molar-refractivity contribution in [1.82, 2.24) is 0 Å². The molecule has 0 fully saturated rings. The maximum Gasteiger partial charge on any atom is 0.333 e. The van der Waals surface area contributed by atoms with Gasteiger partial charge in [0.25, 0.3) is 0 Å². The van der Waals surface area contributed by atoms with E-state index in [1.165, 1.54) is 13.8 Å². The summed E-state index contributed by atoms with van der Waals surface area (Å²) < 4.78 is 4.76. The van der Waals surface area contributed by atoms with Crippen LogP contribution in [0.3, 0.4) is 0 Å². The monoisotopic (exact) mass is 322 g/mol. The minimum atomic E-state index is -1.33. The standard InChI is InChI=1S/C10H14O5.C3H8O.Ti/c1-5(2)10(14)15-7(4)8(6(3)11)9(12)13;1-3(2)4;/h7-8H,1H2,2-4H3,(H,12,13);3-4H,1-2H3;. The predicted molar refractivity (Wildman–Crippen MR) is 69.5 cm³/mol. The molecule has 0 aromatic heterocycles. The number of hydrogen-bond donors (Lipinski definition) is 2. The Bertz CT molecular complexity index is 334. The molecule has 0 saturated heterocycles. The number of aliphatic carboxylic acids is 1. The van der Waals surface area contributed by atoms with Gasteiger partial charge >= 0.3 is 11.9 Å². The van der Waals surface area contributed by atoms with Gasteiger partial charge in [-0.15, -0.1) is 0 Å². The van der Waals surface area contributed by atoms with Crippen LogP contribution in [-0.2, 0) is 40.8 Å². The Morgan fingerprint density at radius 3 is 1.65 bits per heavy atom. The average Bonchev–Trinajstić information content (AvgIpc) is 2.14. The van der Waals surface area contributed by atoms with Crippen molar-refractivity contribution >= 4 is 17.7 Å². The second kappa shape index (κ2) is 11.8. The van der Waals surface area contributed by atoms with Gasteiger partial charge in [0, 0.05) is 33.4 Å². The molecule has 0 aliphatic rings. The normalized spacial score (nSPS) is 12.2. The third kappa shape index (κ3) is 12.1. The zero-order valence-electron chi connectivity index (χ0n) is 12.5. The maximum absolute atomic E-state index is 11.1. The summed E-state index contributed by atoms with van der Waals surface area (Å²) in [4.78, 5) is 32.8. The van der Waals surface area contributed by atoms with Crippen LogP contribution in [0, 0.1) is 5.92 Å². The van der Waals surface area contributed by atoms with E-state index in [1.54, 1.807) is 13.8 Å². The Morgan fingerprint density at radius 2 is 1.45 bits per heavy atom. The van der Waals surface area contributed by atoms with Gasteiger partial charge in [0.1, 0.15) is 11.9 Å². The molecule has 0 radical (unpaired) electrons. The molecule has 0 amide bonds. The summed E-state index contributed by atoms with van der Waals surface area (Å²) in [6.45, 7) is 10.7. The van der Waals surface area contributed by atoms with Crippen LogP contribution in [0.1, 0.15) is 34.6 Å². The molecule has 0 aromatic rings. The molecule has 20 heavy (non-hydrogen) atoms. The van der Waals surface area contributed by atoms with Crippen LogP contribution in [0.15, 0.2) is 12.2 Å². The van der Waals surface area contributed by atoms with Crippen LogP contribution in [0.2, 0.25) is 0 Å². The van der Waals surface area contributed by atoms with Gasteiger partial charge in [-0.25, -0.2) is 4.79 Å². The minimum Gasteiger partial charge on any atom is -0.481 e. The van der Waals surface area contributed by atoms with E-state index >= 15 is 0 Å². The van der Waals surface area contributed by atoms with Gasteiger partial charge < -0.3 is 14.9 Å². The molecule has 0 saturated carbocycles. The SMILES string of the molecule is C=C(C)C(=O)OC(C)C(C(C)=O)C(=O)O.CC(C)O.[Ti]. The molecule has 0 rings (SSSR count). The number of ketones is 1. The van der Waals surface area contributed by atoms with Crippen molar-refractivity contribution < 1.29 is 51.1 Å². The summed E-state index contributed by atoms with van der Waals surface area (Å²) in [7, 11) is 0. The predicted octanol–water partition coefficient (Wildman–Crippen LogP) is 1.17. The van der Waals surface area contributed by atoms with E-state index in [2.05, 4.69) is 6.58 Å². The third-order valence-corrected chi connectivity index (χ3v) is 1.81. The molecule has 2 N–H and O–H groups in total. The first kappa shape index (κ1) is 24.1. The molecular weight excluding hydrogens is 300 g/mol. The number of esters is 1. The van der Waals surface area contributed by atoms with Crippen LogP contribution in [-0.4, -0.2) is 40.1 Å². The summed E-state index contributed by atoms with van der Waals surface area (Å²) in [6.07, 6.45) is -1.16. The Kier molecular flexibility index (Phi) is 14.2. The van der Waals surface area contributed by atoms with Crippen molar-refractivity contribution in [3.05, 3.63) is 12.2 Å². The number of rotatable bonds is 5. The van der Waals surface area contributed by atoms with Gasteiger partial charge in [-0.2, -0.15) is 0 Å². The quantitative estimate of drug-likeness (QED) is 0.341. The summed E-state index contributed by atoms with van der Waals surface area (Å²) >= 11 is 0. The van der Waals surface area contributed by atoms with Crippen LogP contribution < -0.4 is 0 Å². The second-order valence-corrected chi connectivity index (χ2v) is 4.41. The maximum atomic E-state index is 11.1. The van der Waals surface area contributed by atoms with Gasteiger partial charge in [-0.05, 0) is 34.6 Å². The van der Waals surface area contributed by atoms with E-state index in [0.29, 0.717) is 0 Å².